The topological polar surface area (TPSA) is 205 Å². The number of thioether (sulfide) groups is 2. The van der Waals surface area contributed by atoms with E-state index in [4.69, 9.17) is 15.6 Å². The van der Waals surface area contributed by atoms with Crippen molar-refractivity contribution in [2.45, 2.75) is 94.5 Å². The van der Waals surface area contributed by atoms with Gasteiger partial charge in [-0.3, -0.25) is 19.2 Å². The lowest BCUT2D eigenvalue weighted by Gasteiger charge is -2.24. The third kappa shape index (κ3) is 15.7. The number of aryl methyl sites for hydroxylation is 1. The lowest BCUT2D eigenvalue weighted by atomic mass is 10.0. The number of methoxy groups -OCH3 is 1. The Kier molecular flexibility index (Phi) is 19.2. The molecule has 2 amide bonds. The summed E-state index contributed by atoms with van der Waals surface area (Å²) in [6, 6.07) is 1.47. The summed E-state index contributed by atoms with van der Waals surface area (Å²) in [5.74, 6) is -2.78. The number of nitrogens with two attached hydrogens (primary N) is 1. The Labute approximate surface area is 267 Å². The summed E-state index contributed by atoms with van der Waals surface area (Å²) < 4.78 is 5.14. The number of aliphatic carboxylic acids is 2. The fourth-order valence-corrected chi connectivity index (χ4v) is 6.06. The number of aromatic hydroxyl groups is 1. The number of unbranched alkanes of at least 4 members (excludes halogenated alkanes) is 2. The number of carboxylic acids is 2. The van der Waals surface area contributed by atoms with E-state index in [2.05, 4.69) is 17.6 Å². The monoisotopic (exact) mass is 657 g/mol. The molecule has 44 heavy (non-hydrogen) atoms. The van der Waals surface area contributed by atoms with Gasteiger partial charge < -0.3 is 36.4 Å². The van der Waals surface area contributed by atoms with Crippen LogP contribution in [0.2, 0.25) is 0 Å². The van der Waals surface area contributed by atoms with Gasteiger partial charge in [0.25, 0.3) is 0 Å². The lowest BCUT2D eigenvalue weighted by Crippen LogP contribution is -2.55. The number of carboxylic acid groups (broad SMARTS) is 2. The van der Waals surface area contributed by atoms with Crippen molar-refractivity contribution in [3.8, 4) is 11.5 Å². The normalized spacial score (nSPS) is 13.7. The van der Waals surface area contributed by atoms with Gasteiger partial charge in [0, 0.05) is 30.3 Å². The van der Waals surface area contributed by atoms with Gasteiger partial charge in [0.15, 0.2) is 11.5 Å². The number of nitrogens with one attached hydrogen (secondary N) is 2. The number of rotatable bonds is 24. The highest BCUT2D eigenvalue weighted by Crippen LogP contribution is 2.28. The van der Waals surface area contributed by atoms with E-state index in [9.17, 15) is 34.2 Å². The zero-order valence-electron chi connectivity index (χ0n) is 25.7. The SMILES string of the molecule is CCCCCC(CC(=O)CCc1ccc(O)c(OC)c1)SCC(NC(=O)C(N)CCC(=O)O)C(=O)NC(CCSC)C(=O)O. The van der Waals surface area contributed by atoms with Gasteiger partial charge in [-0.1, -0.05) is 32.3 Å². The van der Waals surface area contributed by atoms with Gasteiger partial charge in [-0.25, -0.2) is 4.79 Å². The van der Waals surface area contributed by atoms with Crippen molar-refractivity contribution in [3.63, 3.8) is 0 Å². The number of amides is 2. The number of hydrogen-bond acceptors (Lipinski definition) is 10. The molecule has 1 aromatic rings. The zero-order valence-corrected chi connectivity index (χ0v) is 27.3. The number of ketones is 1. The maximum Gasteiger partial charge on any atom is 0.326 e. The molecule has 4 atom stereocenters. The highest BCUT2D eigenvalue weighted by Gasteiger charge is 2.29. The summed E-state index contributed by atoms with van der Waals surface area (Å²) in [5, 5.41) is 33.3. The number of carbonyl (C=O) groups excluding carboxylic acids is 3. The van der Waals surface area contributed by atoms with E-state index in [0.29, 0.717) is 24.3 Å². The minimum atomic E-state index is -1.20. The lowest BCUT2D eigenvalue weighted by molar-refractivity contribution is -0.142. The van der Waals surface area contributed by atoms with Gasteiger partial charge >= 0.3 is 11.9 Å². The van der Waals surface area contributed by atoms with Crippen LogP contribution in [-0.2, 0) is 30.4 Å². The van der Waals surface area contributed by atoms with Crippen LogP contribution in [-0.4, -0.2) is 93.1 Å². The molecule has 0 aliphatic heterocycles. The molecule has 0 aliphatic carbocycles. The molecule has 0 spiro atoms. The highest BCUT2D eigenvalue weighted by molar-refractivity contribution is 8.00. The summed E-state index contributed by atoms with van der Waals surface area (Å²) in [5.41, 5.74) is 6.71. The van der Waals surface area contributed by atoms with E-state index in [1.807, 2.05) is 6.26 Å². The van der Waals surface area contributed by atoms with Gasteiger partial charge in [-0.15, -0.1) is 0 Å². The molecule has 0 aromatic heterocycles. The maximum atomic E-state index is 13.2. The molecule has 4 unspecified atom stereocenters. The maximum absolute atomic E-state index is 13.2. The third-order valence-electron chi connectivity index (χ3n) is 6.88. The summed E-state index contributed by atoms with van der Waals surface area (Å²) >= 11 is 2.79. The van der Waals surface area contributed by atoms with Crippen LogP contribution in [0.1, 0.15) is 70.3 Å². The minimum absolute atomic E-state index is 0.0161. The van der Waals surface area contributed by atoms with Crippen LogP contribution in [0.3, 0.4) is 0 Å². The van der Waals surface area contributed by atoms with Crippen molar-refractivity contribution in [2.75, 3.05) is 24.9 Å². The number of ether oxygens (including phenoxy) is 1. The second kappa shape index (κ2) is 21.7. The number of phenolic OH excluding ortho intramolecular Hbond substituents is 1. The van der Waals surface area contributed by atoms with Crippen LogP contribution in [0.25, 0.3) is 0 Å². The Morgan fingerprint density at radius 1 is 0.977 bits per heavy atom. The first kappa shape index (κ1) is 39.1. The van der Waals surface area contributed by atoms with Crippen molar-refractivity contribution in [1.82, 2.24) is 10.6 Å². The third-order valence-corrected chi connectivity index (χ3v) is 8.93. The fourth-order valence-electron chi connectivity index (χ4n) is 4.25. The average Bonchev–Trinajstić information content (AvgIpc) is 2.98. The van der Waals surface area contributed by atoms with Gasteiger partial charge in [-0.2, -0.15) is 23.5 Å². The number of carbonyl (C=O) groups is 5. The molecule has 1 aromatic carbocycles. The molecular formula is C30H47N3O9S2. The van der Waals surface area contributed by atoms with E-state index in [1.165, 1.54) is 36.7 Å². The van der Waals surface area contributed by atoms with Crippen molar-refractivity contribution in [3.05, 3.63) is 23.8 Å². The van der Waals surface area contributed by atoms with Crippen LogP contribution in [0.4, 0.5) is 0 Å². The van der Waals surface area contributed by atoms with Gasteiger partial charge in [0.2, 0.25) is 11.8 Å². The summed E-state index contributed by atoms with van der Waals surface area (Å²) in [6.45, 7) is 2.07. The molecular weight excluding hydrogens is 610 g/mol. The molecule has 0 fully saturated rings. The van der Waals surface area contributed by atoms with Crippen molar-refractivity contribution in [1.29, 1.82) is 0 Å². The quantitative estimate of drug-likeness (QED) is 0.0888. The van der Waals surface area contributed by atoms with Gasteiger partial charge in [-0.05, 0) is 55.4 Å². The van der Waals surface area contributed by atoms with Crippen molar-refractivity contribution in [2.24, 2.45) is 5.73 Å². The zero-order chi connectivity index (χ0) is 33.1. The first-order valence-electron chi connectivity index (χ1n) is 14.7. The fraction of sp³-hybridized carbons (Fsp3) is 0.633. The number of hydrogen-bond donors (Lipinski definition) is 6. The molecule has 1 rings (SSSR count). The molecule has 0 bridgehead atoms. The Balaban J connectivity index is 3.00. The summed E-state index contributed by atoms with van der Waals surface area (Å²) in [6.07, 6.45) is 6.06. The van der Waals surface area contributed by atoms with E-state index >= 15 is 0 Å². The van der Waals surface area contributed by atoms with Crippen LogP contribution in [0.5, 0.6) is 11.5 Å². The Morgan fingerprint density at radius 3 is 2.30 bits per heavy atom. The molecule has 0 aliphatic rings. The van der Waals surface area contributed by atoms with Crippen LogP contribution >= 0.6 is 23.5 Å². The van der Waals surface area contributed by atoms with Crippen LogP contribution < -0.4 is 21.1 Å². The standard InChI is InChI=1S/C30H47N3O9S2/c1-4-5-6-7-21(17-20(34)10-8-19-9-12-25(35)26(16-19)42-2)44-18-24(33-28(38)22(31)11-13-27(36)37)29(39)32-23(30(40)41)14-15-43-3/h9,12,16,21-24,35H,4-8,10-11,13-15,17-18,31H2,1-3H3,(H,32,39)(H,33,38)(H,36,37)(H,40,41). The minimum Gasteiger partial charge on any atom is -0.504 e. The second-order valence-corrected chi connectivity index (χ2v) is 12.8. The van der Waals surface area contributed by atoms with E-state index < -0.39 is 41.9 Å². The average molecular weight is 658 g/mol. The molecule has 0 radical (unpaired) electrons. The number of Topliss-reactive ketones (excluding diaryl/α,β-unsaturated/α-hetero) is 1. The Bertz CT molecular complexity index is 1090. The first-order chi connectivity index (χ1) is 20.9. The predicted octanol–water partition coefficient (Wildman–Crippen LogP) is 2.97. The largest absolute Gasteiger partial charge is 0.504 e. The van der Waals surface area contributed by atoms with E-state index in [1.54, 1.807) is 12.1 Å². The van der Waals surface area contributed by atoms with E-state index in [-0.39, 0.29) is 54.6 Å². The van der Waals surface area contributed by atoms with Gasteiger partial charge in [0.05, 0.1) is 13.2 Å². The highest BCUT2D eigenvalue weighted by atomic mass is 32.2. The first-order valence-corrected chi connectivity index (χ1v) is 17.1. The van der Waals surface area contributed by atoms with Crippen molar-refractivity contribution < 1.29 is 44.0 Å². The molecule has 0 saturated carbocycles. The van der Waals surface area contributed by atoms with Crippen LogP contribution in [0.15, 0.2) is 18.2 Å². The second-order valence-electron chi connectivity index (χ2n) is 10.5. The Hall–Kier alpha value is -2.97. The molecule has 12 nitrogen and oxygen atoms in total. The predicted molar refractivity (Wildman–Crippen MR) is 172 cm³/mol. The molecule has 0 heterocycles. The summed E-state index contributed by atoms with van der Waals surface area (Å²) in [7, 11) is 1.45. The van der Waals surface area contributed by atoms with Gasteiger partial charge in [0.1, 0.15) is 17.9 Å². The molecule has 248 valence electrons. The molecule has 14 heteroatoms. The number of benzene rings is 1. The Morgan fingerprint density at radius 2 is 1.68 bits per heavy atom. The number of phenols is 1. The van der Waals surface area contributed by atoms with E-state index in [0.717, 1.165) is 24.8 Å². The molecule has 0 saturated heterocycles. The van der Waals surface area contributed by atoms with Crippen molar-refractivity contribution >= 4 is 53.1 Å². The van der Waals surface area contributed by atoms with Crippen LogP contribution in [0, 0.1) is 0 Å². The molecule has 7 N–H and O–H groups in total. The summed E-state index contributed by atoms with van der Waals surface area (Å²) in [4.78, 5) is 61.7. The smallest absolute Gasteiger partial charge is 0.326 e.